The summed E-state index contributed by atoms with van der Waals surface area (Å²) in [5, 5.41) is 0. The van der Waals surface area contributed by atoms with Crippen molar-refractivity contribution in [1.29, 1.82) is 0 Å². The van der Waals surface area contributed by atoms with Crippen molar-refractivity contribution in [2.24, 2.45) is 5.92 Å². The fourth-order valence-corrected chi connectivity index (χ4v) is 1.54. The third-order valence-electron chi connectivity index (χ3n) is 1.17. The minimum absolute atomic E-state index is 0.249. The molecule has 0 bridgehead atoms. The molecule has 0 aromatic carbocycles. The Kier molecular flexibility index (Phi) is 5.11. The molecule has 2 unspecified atom stereocenters. The smallest absolute Gasteiger partial charge is 0.309 e. The molecule has 0 aliphatic carbocycles. The first-order chi connectivity index (χ1) is 5.07. The fraction of sp³-hybridized carbons (Fsp3) is 0.857. The van der Waals surface area contributed by atoms with Crippen LogP contribution < -0.4 is 0 Å². The van der Waals surface area contributed by atoms with Gasteiger partial charge in [0.25, 0.3) is 0 Å². The Bertz CT molecular complexity index is 156. The summed E-state index contributed by atoms with van der Waals surface area (Å²) >= 11 is 0. The quantitative estimate of drug-likeness (QED) is 0.591. The minimum atomic E-state index is -0.921. The van der Waals surface area contributed by atoms with Crippen LogP contribution in [0, 0.1) is 5.92 Å². The zero-order chi connectivity index (χ0) is 8.85. The molecule has 0 aromatic heterocycles. The largest absolute Gasteiger partial charge is 0.466 e. The van der Waals surface area contributed by atoms with Crippen molar-refractivity contribution in [2.75, 3.05) is 18.6 Å². The Morgan fingerprint density at radius 2 is 2.18 bits per heavy atom. The summed E-state index contributed by atoms with van der Waals surface area (Å²) in [6.07, 6.45) is 1.58. The van der Waals surface area contributed by atoms with Crippen LogP contribution >= 0.6 is 0 Å². The number of hydrogen-bond acceptors (Lipinski definition) is 3. The van der Waals surface area contributed by atoms with Crippen LogP contribution in [0.2, 0.25) is 0 Å². The summed E-state index contributed by atoms with van der Waals surface area (Å²) < 4.78 is 15.4. The van der Waals surface area contributed by atoms with E-state index in [0.29, 0.717) is 12.4 Å². The molecule has 0 saturated heterocycles. The van der Waals surface area contributed by atoms with Crippen LogP contribution in [0.5, 0.6) is 0 Å². The van der Waals surface area contributed by atoms with E-state index in [1.807, 2.05) is 0 Å². The number of esters is 1. The monoisotopic (exact) mass is 178 g/mol. The molecule has 0 N–H and O–H groups in total. The summed E-state index contributed by atoms with van der Waals surface area (Å²) in [7, 11) is -0.921. The Labute approximate surface area is 69.6 Å². The SMILES string of the molecule is CCOC(=O)C(C)CS(C)=O. The maximum absolute atomic E-state index is 10.9. The lowest BCUT2D eigenvalue weighted by Gasteiger charge is -2.07. The zero-order valence-electron chi connectivity index (χ0n) is 7.12. The first kappa shape index (κ1) is 10.6. The topological polar surface area (TPSA) is 43.4 Å². The van der Waals surface area contributed by atoms with Crippen molar-refractivity contribution in [3.8, 4) is 0 Å². The molecule has 0 aromatic rings. The van der Waals surface area contributed by atoms with E-state index in [-0.39, 0.29) is 11.9 Å². The number of ether oxygens (including phenoxy) is 1. The van der Waals surface area contributed by atoms with Crippen molar-refractivity contribution in [3.05, 3.63) is 0 Å². The van der Waals surface area contributed by atoms with E-state index in [4.69, 9.17) is 4.74 Å². The predicted octanol–water partition coefficient (Wildman–Crippen LogP) is 0.564. The normalized spacial score (nSPS) is 15.5. The van der Waals surface area contributed by atoms with E-state index in [9.17, 15) is 9.00 Å². The van der Waals surface area contributed by atoms with Gasteiger partial charge in [0.2, 0.25) is 0 Å². The van der Waals surface area contributed by atoms with Gasteiger partial charge < -0.3 is 4.74 Å². The number of carbonyl (C=O) groups excluding carboxylic acids is 1. The van der Waals surface area contributed by atoms with Crippen molar-refractivity contribution in [3.63, 3.8) is 0 Å². The summed E-state index contributed by atoms with van der Waals surface area (Å²) in [6.45, 7) is 3.87. The maximum Gasteiger partial charge on any atom is 0.309 e. The van der Waals surface area contributed by atoms with Gasteiger partial charge in [0.15, 0.2) is 0 Å². The van der Waals surface area contributed by atoms with Gasteiger partial charge in [-0.3, -0.25) is 9.00 Å². The van der Waals surface area contributed by atoms with Gasteiger partial charge in [-0.25, -0.2) is 0 Å². The standard InChI is InChI=1S/C7H14O3S/c1-4-10-7(8)6(2)5-11(3)9/h6H,4-5H2,1-3H3. The van der Waals surface area contributed by atoms with Gasteiger partial charge in [0.1, 0.15) is 0 Å². The molecule has 0 rings (SSSR count). The lowest BCUT2D eigenvalue weighted by Crippen LogP contribution is -2.20. The molecule has 3 nitrogen and oxygen atoms in total. The Morgan fingerprint density at radius 1 is 1.64 bits per heavy atom. The highest BCUT2D eigenvalue weighted by Gasteiger charge is 2.14. The maximum atomic E-state index is 10.9. The second-order valence-electron chi connectivity index (χ2n) is 2.39. The lowest BCUT2D eigenvalue weighted by molar-refractivity contribution is -0.146. The molecule has 0 heterocycles. The molecule has 0 amide bonds. The van der Waals surface area contributed by atoms with Gasteiger partial charge in [-0.05, 0) is 6.92 Å². The third kappa shape index (κ3) is 4.95. The van der Waals surface area contributed by atoms with E-state index in [1.165, 1.54) is 0 Å². The highest BCUT2D eigenvalue weighted by molar-refractivity contribution is 7.84. The van der Waals surface area contributed by atoms with Crippen LogP contribution in [-0.4, -0.2) is 28.8 Å². The predicted molar refractivity (Wildman–Crippen MR) is 44.7 cm³/mol. The molecular weight excluding hydrogens is 164 g/mol. The van der Waals surface area contributed by atoms with Crippen LogP contribution in [0.4, 0.5) is 0 Å². The summed E-state index contributed by atoms with van der Waals surface area (Å²) in [5.41, 5.74) is 0. The van der Waals surface area contributed by atoms with Gasteiger partial charge in [0, 0.05) is 22.8 Å². The van der Waals surface area contributed by atoms with Gasteiger partial charge in [0.05, 0.1) is 12.5 Å². The van der Waals surface area contributed by atoms with E-state index >= 15 is 0 Å². The summed E-state index contributed by atoms with van der Waals surface area (Å²) in [5.74, 6) is -0.123. The van der Waals surface area contributed by atoms with Crippen LogP contribution in [-0.2, 0) is 20.3 Å². The molecule has 0 spiro atoms. The Morgan fingerprint density at radius 3 is 2.55 bits per heavy atom. The summed E-state index contributed by atoms with van der Waals surface area (Å²) in [6, 6.07) is 0. The molecule has 0 radical (unpaired) electrons. The molecule has 0 fully saturated rings. The highest BCUT2D eigenvalue weighted by atomic mass is 32.2. The second-order valence-corrected chi connectivity index (χ2v) is 3.87. The lowest BCUT2D eigenvalue weighted by atomic mass is 10.2. The third-order valence-corrected chi connectivity index (χ3v) is 2.14. The van der Waals surface area contributed by atoms with E-state index in [2.05, 4.69) is 0 Å². The second kappa shape index (κ2) is 5.29. The average Bonchev–Trinajstić information content (AvgIpc) is 1.86. The van der Waals surface area contributed by atoms with Crippen LogP contribution in [0.1, 0.15) is 13.8 Å². The minimum Gasteiger partial charge on any atom is -0.466 e. The van der Waals surface area contributed by atoms with Gasteiger partial charge >= 0.3 is 5.97 Å². The molecule has 4 heteroatoms. The molecule has 2 atom stereocenters. The van der Waals surface area contributed by atoms with Gasteiger partial charge in [-0.1, -0.05) is 6.92 Å². The van der Waals surface area contributed by atoms with Crippen molar-refractivity contribution in [2.45, 2.75) is 13.8 Å². The van der Waals surface area contributed by atoms with Crippen LogP contribution in [0.3, 0.4) is 0 Å². The number of hydrogen-bond donors (Lipinski definition) is 0. The Hall–Kier alpha value is -0.380. The molecule has 0 saturated carbocycles. The van der Waals surface area contributed by atoms with Gasteiger partial charge in [-0.2, -0.15) is 0 Å². The molecule has 0 aliphatic rings. The molecule has 11 heavy (non-hydrogen) atoms. The van der Waals surface area contributed by atoms with E-state index < -0.39 is 10.8 Å². The van der Waals surface area contributed by atoms with E-state index in [0.717, 1.165) is 0 Å². The fourth-order valence-electron chi connectivity index (χ4n) is 0.705. The van der Waals surface area contributed by atoms with Crippen molar-refractivity contribution >= 4 is 16.8 Å². The number of rotatable bonds is 4. The van der Waals surface area contributed by atoms with Crippen molar-refractivity contribution < 1.29 is 13.7 Å². The molecule has 66 valence electrons. The van der Waals surface area contributed by atoms with Crippen LogP contribution in [0.25, 0.3) is 0 Å². The molecule has 0 aliphatic heterocycles. The van der Waals surface area contributed by atoms with Gasteiger partial charge in [-0.15, -0.1) is 0 Å². The first-order valence-electron chi connectivity index (χ1n) is 3.54. The van der Waals surface area contributed by atoms with Crippen LogP contribution in [0.15, 0.2) is 0 Å². The average molecular weight is 178 g/mol. The zero-order valence-corrected chi connectivity index (χ0v) is 7.94. The Balaban J connectivity index is 3.73. The summed E-state index contributed by atoms with van der Waals surface area (Å²) in [4.78, 5) is 10.9. The van der Waals surface area contributed by atoms with E-state index in [1.54, 1.807) is 20.1 Å². The van der Waals surface area contributed by atoms with Crippen molar-refractivity contribution in [1.82, 2.24) is 0 Å². The first-order valence-corrected chi connectivity index (χ1v) is 5.27. The highest BCUT2D eigenvalue weighted by Crippen LogP contribution is 1.99. The molecular formula is C7H14O3S. The number of carbonyl (C=O) groups is 1.